The Morgan fingerprint density at radius 3 is 1.23 bits per heavy atom. The van der Waals surface area contributed by atoms with Crippen LogP contribution in [0.4, 0.5) is 22.7 Å². The number of fused-ring (bicyclic) bond motifs is 2. The van der Waals surface area contributed by atoms with Crippen LogP contribution in [0.25, 0.3) is 21.5 Å². The Kier molecular flexibility index (Phi) is 10.2. The van der Waals surface area contributed by atoms with E-state index in [1.165, 1.54) is 24.3 Å². The maximum absolute atomic E-state index is 9.97. The van der Waals surface area contributed by atoms with Crippen LogP contribution >= 0.6 is 23.2 Å². The van der Waals surface area contributed by atoms with Crippen molar-refractivity contribution in [3.05, 3.63) is 119 Å². The molecule has 0 atom stereocenters. The maximum atomic E-state index is 9.97. The molecule has 0 bridgehead atoms. The number of halogens is 2. The molecule has 0 saturated carbocycles. The predicted octanol–water partition coefficient (Wildman–Crippen LogP) is 10.7. The molecule has 6 aromatic carbocycles. The van der Waals surface area contributed by atoms with E-state index >= 15 is 0 Å². The van der Waals surface area contributed by atoms with Gasteiger partial charge in [-0.25, -0.2) is 0 Å². The molecule has 1 radical (unpaired) electrons. The molecule has 0 heterocycles. The molecule has 8 nitrogen and oxygen atoms in total. The van der Waals surface area contributed by atoms with Crippen LogP contribution in [0.2, 0.25) is 10.0 Å². The molecule has 6 aromatic rings. The van der Waals surface area contributed by atoms with E-state index in [-0.39, 0.29) is 52.6 Å². The third-order valence-corrected chi connectivity index (χ3v) is 6.62. The molecule has 0 spiro atoms. The molecular formula is C32H23Cl2CoN4O4+. The Labute approximate surface area is 267 Å². The molecule has 43 heavy (non-hydrogen) atoms. The Morgan fingerprint density at radius 1 is 0.442 bits per heavy atom. The summed E-state index contributed by atoms with van der Waals surface area (Å²) in [6.45, 7) is 0. The van der Waals surface area contributed by atoms with Gasteiger partial charge in [-0.2, -0.15) is 0 Å². The quantitative estimate of drug-likeness (QED) is 0.141. The molecular weight excluding hydrogens is 634 g/mol. The molecule has 217 valence electrons. The first-order chi connectivity index (χ1) is 20.3. The summed E-state index contributed by atoms with van der Waals surface area (Å²) >= 11 is 11.7. The fourth-order valence-electron chi connectivity index (χ4n) is 4.06. The molecule has 6 rings (SSSR count). The SMILES string of the molecule is Oc1ccc(Cl)cc1N=Nc1c(O)ccc2ccccc12.Oc1ccc(Cl)cc1N=Nc1c(O)ccc2ccccc12.[Co].[H+]. The van der Waals surface area contributed by atoms with E-state index in [4.69, 9.17) is 23.2 Å². The van der Waals surface area contributed by atoms with E-state index in [9.17, 15) is 20.4 Å². The Morgan fingerprint density at radius 2 is 0.814 bits per heavy atom. The first-order valence-corrected chi connectivity index (χ1v) is 13.3. The number of hydrogen-bond donors (Lipinski definition) is 4. The van der Waals surface area contributed by atoms with Crippen molar-refractivity contribution < 1.29 is 38.6 Å². The number of azo groups is 2. The Hall–Kier alpha value is -4.67. The van der Waals surface area contributed by atoms with Gasteiger partial charge in [-0.1, -0.05) is 83.9 Å². The van der Waals surface area contributed by atoms with Gasteiger partial charge in [0.15, 0.2) is 0 Å². The van der Waals surface area contributed by atoms with Gasteiger partial charge >= 0.3 is 1.43 Å². The number of phenolic OH excluding ortho intramolecular Hbond substituents is 4. The van der Waals surface area contributed by atoms with Crippen LogP contribution in [-0.2, 0) is 16.8 Å². The van der Waals surface area contributed by atoms with E-state index < -0.39 is 0 Å². The van der Waals surface area contributed by atoms with Crippen LogP contribution in [-0.4, -0.2) is 20.4 Å². The number of benzene rings is 6. The molecule has 0 saturated heterocycles. The van der Waals surface area contributed by atoms with Crippen LogP contribution in [0.15, 0.2) is 130 Å². The molecule has 4 N–H and O–H groups in total. The predicted molar refractivity (Wildman–Crippen MR) is 167 cm³/mol. The third-order valence-electron chi connectivity index (χ3n) is 6.15. The van der Waals surface area contributed by atoms with Crippen LogP contribution in [0, 0.1) is 0 Å². The van der Waals surface area contributed by atoms with Crippen molar-refractivity contribution >= 4 is 67.5 Å². The molecule has 0 aliphatic carbocycles. The van der Waals surface area contributed by atoms with Crippen LogP contribution in [0.5, 0.6) is 23.0 Å². The maximum Gasteiger partial charge on any atom is 1.00 e. The first-order valence-electron chi connectivity index (χ1n) is 12.5. The molecule has 11 heteroatoms. The zero-order valence-electron chi connectivity index (χ0n) is 23.1. The minimum atomic E-state index is -0.0251. The largest absolute Gasteiger partial charge is 1.00 e. The summed E-state index contributed by atoms with van der Waals surface area (Å²) in [7, 11) is 0. The number of hydrogen-bond acceptors (Lipinski definition) is 8. The van der Waals surface area contributed by atoms with Gasteiger partial charge in [0.05, 0.1) is 0 Å². The van der Waals surface area contributed by atoms with Gasteiger partial charge in [0, 0.05) is 37.6 Å². The summed E-state index contributed by atoms with van der Waals surface area (Å²) in [5.74, 6) is 0.00342. The van der Waals surface area contributed by atoms with Gasteiger partial charge in [-0.3, -0.25) is 0 Å². The van der Waals surface area contributed by atoms with Crippen molar-refractivity contribution in [3.63, 3.8) is 0 Å². The van der Waals surface area contributed by atoms with Crippen molar-refractivity contribution in [2.24, 2.45) is 20.5 Å². The fourth-order valence-corrected chi connectivity index (χ4v) is 4.39. The molecule has 0 aliphatic heterocycles. The van der Waals surface area contributed by atoms with E-state index in [1.807, 2.05) is 48.5 Å². The minimum absolute atomic E-state index is 0. The second-order valence-electron chi connectivity index (χ2n) is 8.97. The summed E-state index contributed by atoms with van der Waals surface area (Å²) in [6, 6.07) is 30.8. The summed E-state index contributed by atoms with van der Waals surface area (Å²) in [5, 5.41) is 59.8. The van der Waals surface area contributed by atoms with E-state index in [2.05, 4.69) is 20.5 Å². The van der Waals surface area contributed by atoms with Crippen LogP contribution in [0.1, 0.15) is 1.43 Å². The van der Waals surface area contributed by atoms with Crippen molar-refractivity contribution in [2.75, 3.05) is 0 Å². The van der Waals surface area contributed by atoms with E-state index in [0.717, 1.165) is 21.5 Å². The third kappa shape index (κ3) is 7.40. The van der Waals surface area contributed by atoms with Gasteiger partial charge in [0.1, 0.15) is 45.7 Å². The second kappa shape index (κ2) is 14.0. The number of aromatic hydroxyl groups is 4. The topological polar surface area (TPSA) is 130 Å². The molecule has 0 aliphatic rings. The van der Waals surface area contributed by atoms with Gasteiger partial charge < -0.3 is 20.4 Å². The summed E-state index contributed by atoms with van der Waals surface area (Å²) in [5.41, 5.74) is 1.20. The Bertz CT molecular complexity index is 1850. The fraction of sp³-hybridized carbons (Fsp3) is 0. The van der Waals surface area contributed by atoms with Gasteiger partial charge in [-0.15, -0.1) is 20.5 Å². The summed E-state index contributed by atoms with van der Waals surface area (Å²) in [6.07, 6.45) is 0. The smallest absolute Gasteiger partial charge is 0.506 e. The summed E-state index contributed by atoms with van der Waals surface area (Å²) in [4.78, 5) is 0. The number of phenols is 4. The van der Waals surface area contributed by atoms with Crippen molar-refractivity contribution in [3.8, 4) is 23.0 Å². The van der Waals surface area contributed by atoms with Crippen molar-refractivity contribution in [1.29, 1.82) is 0 Å². The normalized spacial score (nSPS) is 11.0. The Balaban J connectivity index is 0.000000230. The minimum Gasteiger partial charge on any atom is -0.506 e. The van der Waals surface area contributed by atoms with Crippen LogP contribution < -0.4 is 0 Å². The van der Waals surface area contributed by atoms with Crippen molar-refractivity contribution in [1.82, 2.24) is 0 Å². The van der Waals surface area contributed by atoms with E-state index in [0.29, 0.717) is 21.4 Å². The number of rotatable bonds is 4. The average Bonchev–Trinajstić information content (AvgIpc) is 2.99. The molecule has 0 amide bonds. The standard InChI is InChI=1S/2C16H11ClN2O2.Co/c2*17-11-6-8-14(20)13(9-11)18-19-16-12-4-2-1-3-10(12)5-7-15(16)21;/h2*1-9,20-21H;/p+1. The first kappa shape index (κ1) is 31.3. The second-order valence-corrected chi connectivity index (χ2v) is 9.85. The molecule has 0 aromatic heterocycles. The van der Waals surface area contributed by atoms with Crippen molar-refractivity contribution in [2.45, 2.75) is 0 Å². The molecule has 0 fully saturated rings. The van der Waals surface area contributed by atoms with Gasteiger partial charge in [-0.05, 0) is 59.3 Å². The molecule has 0 unspecified atom stereocenters. The number of nitrogens with zero attached hydrogens (tertiary/aromatic N) is 4. The van der Waals surface area contributed by atoms with Crippen LogP contribution in [0.3, 0.4) is 0 Å². The van der Waals surface area contributed by atoms with Gasteiger partial charge in [0.25, 0.3) is 0 Å². The summed E-state index contributed by atoms with van der Waals surface area (Å²) < 4.78 is 0. The average molecular weight is 657 g/mol. The van der Waals surface area contributed by atoms with Gasteiger partial charge in [0.2, 0.25) is 0 Å². The zero-order valence-corrected chi connectivity index (χ0v) is 24.6. The zero-order chi connectivity index (χ0) is 29.6. The van der Waals surface area contributed by atoms with E-state index in [1.54, 1.807) is 36.4 Å². The monoisotopic (exact) mass is 656 g/mol.